The van der Waals surface area contributed by atoms with Crippen molar-refractivity contribution >= 4 is 5.91 Å². The van der Waals surface area contributed by atoms with Gasteiger partial charge in [-0.25, -0.2) is 0 Å². The second kappa shape index (κ2) is 9.46. The number of hydrogen-bond acceptors (Lipinski definition) is 2. The summed E-state index contributed by atoms with van der Waals surface area (Å²) >= 11 is 0. The lowest BCUT2D eigenvalue weighted by molar-refractivity contribution is -0.126. The molecular weight excluding hydrogens is 214 g/mol. The first-order valence-corrected chi connectivity index (χ1v) is 6.96. The van der Waals surface area contributed by atoms with Gasteiger partial charge in [0, 0.05) is 5.92 Å². The van der Waals surface area contributed by atoms with E-state index in [0.717, 1.165) is 32.1 Å². The Kier molecular flexibility index (Phi) is 9.14. The molecule has 0 aromatic rings. The smallest absolute Gasteiger partial charge is 0.223 e. The van der Waals surface area contributed by atoms with Gasteiger partial charge in [-0.3, -0.25) is 4.79 Å². The summed E-state index contributed by atoms with van der Waals surface area (Å²) in [4.78, 5) is 12.1. The van der Waals surface area contributed by atoms with Crippen LogP contribution in [0.3, 0.4) is 0 Å². The van der Waals surface area contributed by atoms with Gasteiger partial charge < -0.3 is 10.4 Å². The number of nitrogens with one attached hydrogen (secondary N) is 1. The fourth-order valence-electron chi connectivity index (χ4n) is 2.17. The summed E-state index contributed by atoms with van der Waals surface area (Å²) in [6, 6.07) is -0.0845. The van der Waals surface area contributed by atoms with Gasteiger partial charge in [0.1, 0.15) is 0 Å². The van der Waals surface area contributed by atoms with Gasteiger partial charge in [0.25, 0.3) is 0 Å². The molecule has 1 unspecified atom stereocenters. The Balaban J connectivity index is 4.24. The molecular formula is C14H29NO2. The Hall–Kier alpha value is -0.570. The molecule has 0 aliphatic heterocycles. The minimum Gasteiger partial charge on any atom is -0.394 e. The minimum absolute atomic E-state index is 0.0366. The van der Waals surface area contributed by atoms with Gasteiger partial charge in [-0.05, 0) is 25.2 Å². The monoisotopic (exact) mass is 243 g/mol. The highest BCUT2D eigenvalue weighted by molar-refractivity contribution is 5.78. The van der Waals surface area contributed by atoms with Gasteiger partial charge in [0.05, 0.1) is 12.6 Å². The molecule has 0 saturated carbocycles. The molecule has 2 N–H and O–H groups in total. The molecule has 0 radical (unpaired) electrons. The van der Waals surface area contributed by atoms with E-state index in [1.165, 1.54) is 0 Å². The van der Waals surface area contributed by atoms with Crippen LogP contribution in [0.25, 0.3) is 0 Å². The highest BCUT2D eigenvalue weighted by atomic mass is 16.3. The third-order valence-electron chi connectivity index (χ3n) is 2.97. The average molecular weight is 243 g/mol. The Morgan fingerprint density at radius 3 is 2.06 bits per heavy atom. The van der Waals surface area contributed by atoms with Crippen LogP contribution in [0, 0.1) is 11.8 Å². The van der Waals surface area contributed by atoms with Crippen LogP contribution in [0.4, 0.5) is 0 Å². The van der Waals surface area contributed by atoms with Crippen molar-refractivity contribution in [2.45, 2.75) is 65.8 Å². The van der Waals surface area contributed by atoms with Crippen LogP contribution < -0.4 is 5.32 Å². The number of carbonyl (C=O) groups is 1. The number of aliphatic hydroxyl groups excluding tert-OH is 1. The van der Waals surface area contributed by atoms with E-state index >= 15 is 0 Å². The number of rotatable bonds is 9. The first kappa shape index (κ1) is 16.4. The maximum Gasteiger partial charge on any atom is 0.223 e. The standard InChI is InChI=1S/C14H29NO2/c1-5-7-12(8-6-2)14(17)15-13(10-16)9-11(3)4/h11-13,16H,5-10H2,1-4H3,(H,15,17). The van der Waals surface area contributed by atoms with Crippen molar-refractivity contribution in [2.75, 3.05) is 6.61 Å². The lowest BCUT2D eigenvalue weighted by Gasteiger charge is -2.22. The summed E-state index contributed by atoms with van der Waals surface area (Å²) in [5, 5.41) is 12.2. The first-order valence-electron chi connectivity index (χ1n) is 6.96. The van der Waals surface area contributed by atoms with E-state index in [1.807, 2.05) is 0 Å². The van der Waals surface area contributed by atoms with Crippen molar-refractivity contribution in [2.24, 2.45) is 11.8 Å². The third kappa shape index (κ3) is 7.37. The Bertz CT molecular complexity index is 198. The van der Waals surface area contributed by atoms with Gasteiger partial charge in [-0.15, -0.1) is 0 Å². The fraction of sp³-hybridized carbons (Fsp3) is 0.929. The molecule has 0 aliphatic rings. The molecule has 0 saturated heterocycles. The molecule has 1 atom stereocenters. The Morgan fingerprint density at radius 2 is 1.71 bits per heavy atom. The lowest BCUT2D eigenvalue weighted by atomic mass is 9.96. The van der Waals surface area contributed by atoms with Crippen molar-refractivity contribution in [3.05, 3.63) is 0 Å². The summed E-state index contributed by atoms with van der Waals surface area (Å²) in [6.07, 6.45) is 4.80. The molecule has 0 aromatic carbocycles. The average Bonchev–Trinajstić information content (AvgIpc) is 2.27. The molecule has 102 valence electrons. The predicted molar refractivity (Wildman–Crippen MR) is 71.8 cm³/mol. The molecule has 1 amide bonds. The Labute approximate surface area is 106 Å². The largest absolute Gasteiger partial charge is 0.394 e. The van der Waals surface area contributed by atoms with E-state index in [0.29, 0.717) is 5.92 Å². The fourth-order valence-corrected chi connectivity index (χ4v) is 2.17. The zero-order valence-corrected chi connectivity index (χ0v) is 11.8. The minimum atomic E-state index is -0.0845. The number of hydrogen-bond donors (Lipinski definition) is 2. The van der Waals surface area contributed by atoms with E-state index in [9.17, 15) is 9.90 Å². The summed E-state index contributed by atoms with van der Waals surface area (Å²) < 4.78 is 0. The number of aliphatic hydroxyl groups is 1. The van der Waals surface area contributed by atoms with Crippen molar-refractivity contribution < 1.29 is 9.90 Å². The van der Waals surface area contributed by atoms with Crippen molar-refractivity contribution in [1.82, 2.24) is 5.32 Å². The normalized spacial score (nSPS) is 13.1. The van der Waals surface area contributed by atoms with Gasteiger partial charge in [0.2, 0.25) is 5.91 Å². The van der Waals surface area contributed by atoms with E-state index in [1.54, 1.807) is 0 Å². The number of carbonyl (C=O) groups excluding carboxylic acids is 1. The van der Waals surface area contributed by atoms with Crippen LogP contribution in [0.2, 0.25) is 0 Å². The van der Waals surface area contributed by atoms with Gasteiger partial charge in [0.15, 0.2) is 0 Å². The molecule has 17 heavy (non-hydrogen) atoms. The van der Waals surface area contributed by atoms with Crippen molar-refractivity contribution in [1.29, 1.82) is 0 Å². The van der Waals surface area contributed by atoms with Crippen LogP contribution in [0.1, 0.15) is 59.8 Å². The summed E-state index contributed by atoms with van der Waals surface area (Å²) in [5.74, 6) is 0.725. The van der Waals surface area contributed by atoms with Gasteiger partial charge in [-0.1, -0.05) is 40.5 Å². The summed E-state index contributed by atoms with van der Waals surface area (Å²) in [5.41, 5.74) is 0. The third-order valence-corrected chi connectivity index (χ3v) is 2.97. The SMILES string of the molecule is CCCC(CCC)C(=O)NC(CO)CC(C)C. The Morgan fingerprint density at radius 1 is 1.18 bits per heavy atom. The van der Waals surface area contributed by atoms with Crippen LogP contribution in [-0.4, -0.2) is 23.7 Å². The van der Waals surface area contributed by atoms with Crippen molar-refractivity contribution in [3.63, 3.8) is 0 Å². The van der Waals surface area contributed by atoms with E-state index < -0.39 is 0 Å². The quantitative estimate of drug-likeness (QED) is 0.654. The molecule has 0 heterocycles. The van der Waals surface area contributed by atoms with Crippen LogP contribution in [0.5, 0.6) is 0 Å². The van der Waals surface area contributed by atoms with Crippen LogP contribution in [-0.2, 0) is 4.79 Å². The highest BCUT2D eigenvalue weighted by Gasteiger charge is 2.20. The van der Waals surface area contributed by atoms with Crippen molar-refractivity contribution in [3.8, 4) is 0 Å². The zero-order chi connectivity index (χ0) is 13.3. The van der Waals surface area contributed by atoms with Crippen LogP contribution >= 0.6 is 0 Å². The van der Waals surface area contributed by atoms with Gasteiger partial charge in [-0.2, -0.15) is 0 Å². The number of amides is 1. The summed E-state index contributed by atoms with van der Waals surface area (Å²) in [7, 11) is 0. The lowest BCUT2D eigenvalue weighted by Crippen LogP contribution is -2.41. The molecule has 3 heteroatoms. The molecule has 0 rings (SSSR count). The van der Waals surface area contributed by atoms with E-state index in [2.05, 4.69) is 33.0 Å². The maximum absolute atomic E-state index is 12.1. The van der Waals surface area contributed by atoms with Gasteiger partial charge >= 0.3 is 0 Å². The van der Waals surface area contributed by atoms with E-state index in [-0.39, 0.29) is 24.5 Å². The summed E-state index contributed by atoms with van der Waals surface area (Å²) in [6.45, 7) is 8.45. The molecule has 0 spiro atoms. The molecule has 0 aliphatic carbocycles. The zero-order valence-electron chi connectivity index (χ0n) is 11.8. The predicted octanol–water partition coefficient (Wildman–Crippen LogP) is 2.73. The van der Waals surface area contributed by atoms with E-state index in [4.69, 9.17) is 0 Å². The molecule has 0 bridgehead atoms. The first-order chi connectivity index (χ1) is 8.04. The maximum atomic E-state index is 12.1. The molecule has 3 nitrogen and oxygen atoms in total. The van der Waals surface area contributed by atoms with Crippen LogP contribution in [0.15, 0.2) is 0 Å². The second-order valence-corrected chi connectivity index (χ2v) is 5.29. The molecule has 0 aromatic heterocycles. The highest BCUT2D eigenvalue weighted by Crippen LogP contribution is 2.14. The topological polar surface area (TPSA) is 49.3 Å². The molecule has 0 fully saturated rings. The second-order valence-electron chi connectivity index (χ2n) is 5.29.